The molecule has 0 atom stereocenters. The number of nitrogens with one attached hydrogen (secondary N) is 1. The topological polar surface area (TPSA) is 75.3 Å². The molecule has 7 heteroatoms. The SMILES string of the molecule is COc1ccc(N(C)S(=O)(=O)c2cn[nH]c2)cc1. The zero-order chi connectivity index (χ0) is 13.2. The molecule has 0 aliphatic carbocycles. The van der Waals surface area contributed by atoms with Gasteiger partial charge in [0.05, 0.1) is 19.0 Å². The number of aromatic amines is 1. The molecule has 96 valence electrons. The van der Waals surface area contributed by atoms with E-state index in [1.165, 1.54) is 23.7 Å². The van der Waals surface area contributed by atoms with E-state index in [4.69, 9.17) is 4.74 Å². The van der Waals surface area contributed by atoms with Crippen molar-refractivity contribution < 1.29 is 13.2 Å². The number of rotatable bonds is 4. The Hall–Kier alpha value is -2.02. The second-order valence-corrected chi connectivity index (χ2v) is 5.57. The Morgan fingerprint density at radius 3 is 2.44 bits per heavy atom. The summed E-state index contributed by atoms with van der Waals surface area (Å²) in [5, 5.41) is 6.13. The van der Waals surface area contributed by atoms with Gasteiger partial charge >= 0.3 is 0 Å². The molecule has 1 N–H and O–H groups in total. The van der Waals surface area contributed by atoms with E-state index in [1.807, 2.05) is 0 Å². The first-order valence-corrected chi connectivity index (χ1v) is 6.61. The summed E-state index contributed by atoms with van der Waals surface area (Å²) in [6, 6.07) is 6.76. The van der Waals surface area contributed by atoms with Crippen LogP contribution in [0.1, 0.15) is 0 Å². The van der Waals surface area contributed by atoms with Crippen LogP contribution in [0.5, 0.6) is 5.75 Å². The standard InChI is InChI=1S/C11H13N3O3S/c1-14(9-3-5-10(17-2)6-4-9)18(15,16)11-7-12-13-8-11/h3-8H,1-2H3,(H,12,13). The highest BCUT2D eigenvalue weighted by atomic mass is 32.2. The molecule has 0 bridgehead atoms. The molecule has 0 saturated carbocycles. The predicted molar refractivity (Wildman–Crippen MR) is 67.2 cm³/mol. The van der Waals surface area contributed by atoms with E-state index in [2.05, 4.69) is 10.2 Å². The highest BCUT2D eigenvalue weighted by Gasteiger charge is 2.22. The van der Waals surface area contributed by atoms with Crippen LogP contribution in [0.25, 0.3) is 0 Å². The molecule has 0 saturated heterocycles. The fraction of sp³-hybridized carbons (Fsp3) is 0.182. The van der Waals surface area contributed by atoms with Gasteiger partial charge in [-0.05, 0) is 24.3 Å². The lowest BCUT2D eigenvalue weighted by Crippen LogP contribution is -2.26. The Kier molecular flexibility index (Phi) is 3.24. The van der Waals surface area contributed by atoms with E-state index < -0.39 is 10.0 Å². The van der Waals surface area contributed by atoms with Crippen LogP contribution in [0.15, 0.2) is 41.6 Å². The quantitative estimate of drug-likeness (QED) is 0.904. The Labute approximate surface area is 105 Å². The molecule has 0 fully saturated rings. The van der Waals surface area contributed by atoms with Gasteiger partial charge in [-0.3, -0.25) is 9.40 Å². The summed E-state index contributed by atoms with van der Waals surface area (Å²) in [5.41, 5.74) is 0.553. The van der Waals surface area contributed by atoms with Crippen LogP contribution in [0.2, 0.25) is 0 Å². The lowest BCUT2D eigenvalue weighted by atomic mass is 10.3. The van der Waals surface area contributed by atoms with Crippen molar-refractivity contribution in [2.24, 2.45) is 0 Å². The van der Waals surface area contributed by atoms with Crippen molar-refractivity contribution in [2.45, 2.75) is 4.90 Å². The van der Waals surface area contributed by atoms with Crippen molar-refractivity contribution in [3.8, 4) is 5.75 Å². The highest BCUT2D eigenvalue weighted by Crippen LogP contribution is 2.23. The highest BCUT2D eigenvalue weighted by molar-refractivity contribution is 7.92. The first-order chi connectivity index (χ1) is 8.55. The summed E-state index contributed by atoms with van der Waals surface area (Å²) >= 11 is 0. The summed E-state index contributed by atoms with van der Waals surface area (Å²) in [4.78, 5) is 0.126. The summed E-state index contributed by atoms with van der Waals surface area (Å²) in [5.74, 6) is 0.674. The zero-order valence-corrected chi connectivity index (χ0v) is 10.8. The van der Waals surface area contributed by atoms with Gasteiger partial charge in [0, 0.05) is 13.2 Å². The van der Waals surface area contributed by atoms with E-state index in [0.717, 1.165) is 0 Å². The molecule has 0 amide bonds. The molecule has 2 rings (SSSR count). The number of nitrogens with zero attached hydrogens (tertiary/aromatic N) is 2. The molecule has 0 radical (unpaired) electrons. The van der Waals surface area contributed by atoms with Crippen molar-refractivity contribution >= 4 is 15.7 Å². The van der Waals surface area contributed by atoms with Crippen molar-refractivity contribution in [3.63, 3.8) is 0 Å². The first kappa shape index (κ1) is 12.4. The van der Waals surface area contributed by atoms with Gasteiger partial charge in [0.25, 0.3) is 10.0 Å². The molecule has 1 aromatic carbocycles. The fourth-order valence-electron chi connectivity index (χ4n) is 1.47. The minimum Gasteiger partial charge on any atom is -0.497 e. The zero-order valence-electron chi connectivity index (χ0n) is 9.99. The van der Waals surface area contributed by atoms with E-state index in [1.54, 1.807) is 31.4 Å². The molecule has 0 aliphatic heterocycles. The number of methoxy groups -OCH3 is 1. The van der Waals surface area contributed by atoms with Crippen molar-refractivity contribution in [3.05, 3.63) is 36.7 Å². The third-order valence-electron chi connectivity index (χ3n) is 2.57. The molecule has 0 spiro atoms. The Bertz CT molecular complexity index is 605. The Balaban J connectivity index is 2.33. The number of sulfonamides is 1. The number of anilines is 1. The monoisotopic (exact) mass is 267 g/mol. The molecule has 1 aromatic heterocycles. The maximum atomic E-state index is 12.2. The van der Waals surface area contributed by atoms with Gasteiger partial charge in [0.1, 0.15) is 10.6 Å². The van der Waals surface area contributed by atoms with Gasteiger partial charge in [-0.25, -0.2) is 8.42 Å². The van der Waals surface area contributed by atoms with Crippen LogP contribution in [0, 0.1) is 0 Å². The van der Waals surface area contributed by atoms with Gasteiger partial charge in [-0.15, -0.1) is 0 Å². The molecule has 18 heavy (non-hydrogen) atoms. The van der Waals surface area contributed by atoms with Crippen LogP contribution in [0.4, 0.5) is 5.69 Å². The molecule has 0 unspecified atom stereocenters. The number of benzene rings is 1. The Morgan fingerprint density at radius 2 is 1.94 bits per heavy atom. The second kappa shape index (κ2) is 4.69. The number of hydrogen-bond acceptors (Lipinski definition) is 4. The molecule has 1 heterocycles. The normalized spacial score (nSPS) is 11.2. The van der Waals surface area contributed by atoms with Gasteiger partial charge in [-0.1, -0.05) is 0 Å². The van der Waals surface area contributed by atoms with Gasteiger partial charge in [-0.2, -0.15) is 5.10 Å². The third kappa shape index (κ3) is 2.17. The number of aromatic nitrogens is 2. The lowest BCUT2D eigenvalue weighted by molar-refractivity contribution is 0.415. The van der Waals surface area contributed by atoms with E-state index in [-0.39, 0.29) is 4.90 Å². The Morgan fingerprint density at radius 1 is 1.28 bits per heavy atom. The number of hydrogen-bond donors (Lipinski definition) is 1. The summed E-state index contributed by atoms with van der Waals surface area (Å²) in [6.07, 6.45) is 2.62. The van der Waals surface area contributed by atoms with E-state index in [0.29, 0.717) is 11.4 Å². The molecule has 0 aliphatic rings. The average molecular weight is 267 g/mol. The van der Waals surface area contributed by atoms with E-state index >= 15 is 0 Å². The summed E-state index contributed by atoms with van der Waals surface area (Å²) in [6.45, 7) is 0. The number of ether oxygens (including phenoxy) is 1. The maximum absolute atomic E-state index is 12.2. The lowest BCUT2D eigenvalue weighted by Gasteiger charge is -2.18. The van der Waals surface area contributed by atoms with Gasteiger partial charge < -0.3 is 4.74 Å². The largest absolute Gasteiger partial charge is 0.497 e. The minimum absolute atomic E-state index is 0.126. The predicted octanol–water partition coefficient (Wildman–Crippen LogP) is 1.24. The summed E-state index contributed by atoms with van der Waals surface area (Å²) < 4.78 is 30.6. The molecule has 6 nitrogen and oxygen atoms in total. The van der Waals surface area contributed by atoms with Crippen LogP contribution in [-0.4, -0.2) is 32.8 Å². The third-order valence-corrected chi connectivity index (χ3v) is 4.32. The van der Waals surface area contributed by atoms with E-state index in [9.17, 15) is 8.42 Å². The smallest absolute Gasteiger partial charge is 0.267 e. The average Bonchev–Trinajstić information content (AvgIpc) is 2.92. The van der Waals surface area contributed by atoms with Gasteiger partial charge in [0.2, 0.25) is 0 Å². The van der Waals surface area contributed by atoms with Crippen LogP contribution in [-0.2, 0) is 10.0 Å². The van der Waals surface area contributed by atoms with Crippen LogP contribution in [0.3, 0.4) is 0 Å². The van der Waals surface area contributed by atoms with Crippen molar-refractivity contribution in [2.75, 3.05) is 18.5 Å². The fourth-order valence-corrected chi connectivity index (χ4v) is 2.57. The number of H-pyrrole nitrogens is 1. The molecular weight excluding hydrogens is 254 g/mol. The van der Waals surface area contributed by atoms with Crippen LogP contribution < -0.4 is 9.04 Å². The van der Waals surface area contributed by atoms with Crippen LogP contribution >= 0.6 is 0 Å². The minimum atomic E-state index is -3.57. The van der Waals surface area contributed by atoms with Crippen molar-refractivity contribution in [1.29, 1.82) is 0 Å². The molecular formula is C11H13N3O3S. The molecule has 2 aromatic rings. The summed E-state index contributed by atoms with van der Waals surface area (Å²) in [7, 11) is -0.523. The van der Waals surface area contributed by atoms with Gasteiger partial charge in [0.15, 0.2) is 0 Å². The van der Waals surface area contributed by atoms with Crippen molar-refractivity contribution in [1.82, 2.24) is 10.2 Å². The second-order valence-electron chi connectivity index (χ2n) is 3.60. The maximum Gasteiger partial charge on any atom is 0.267 e. The first-order valence-electron chi connectivity index (χ1n) is 5.17.